The van der Waals surface area contributed by atoms with Crippen molar-refractivity contribution in [2.45, 2.75) is 0 Å². The average molecular weight is 664 g/mol. The normalized spacial score (nSPS) is 11.5. The van der Waals surface area contributed by atoms with Crippen LogP contribution in [-0.4, -0.2) is 0 Å². The first-order chi connectivity index (χ1) is 25.7. The number of para-hydroxylation sites is 1. The Morgan fingerprint density at radius 1 is 0.308 bits per heavy atom. The number of benzene rings is 9. The van der Waals surface area contributed by atoms with Gasteiger partial charge in [-0.25, -0.2) is 0 Å². The van der Waals surface area contributed by atoms with E-state index in [1.54, 1.807) is 0 Å². The van der Waals surface area contributed by atoms with Crippen LogP contribution < -0.4 is 4.90 Å². The van der Waals surface area contributed by atoms with E-state index in [-0.39, 0.29) is 0 Å². The van der Waals surface area contributed by atoms with Crippen LogP contribution in [0, 0.1) is 0 Å². The molecule has 2 nitrogen and oxygen atoms in total. The van der Waals surface area contributed by atoms with Crippen molar-refractivity contribution in [2.75, 3.05) is 4.90 Å². The van der Waals surface area contributed by atoms with Crippen LogP contribution in [-0.2, 0) is 0 Å². The molecule has 10 aromatic rings. The van der Waals surface area contributed by atoms with Gasteiger partial charge in [0.2, 0.25) is 0 Å². The molecule has 244 valence electrons. The van der Waals surface area contributed by atoms with Gasteiger partial charge >= 0.3 is 0 Å². The highest BCUT2D eigenvalue weighted by molar-refractivity contribution is 6.13. The molecule has 1 aromatic heterocycles. The van der Waals surface area contributed by atoms with Gasteiger partial charge in [0.05, 0.1) is 11.1 Å². The molecule has 0 atom stereocenters. The standard InChI is InChI=1S/C50H33NO/c1-3-10-34(11-4-1)36-24-27-44(28-25-36)51(47-15-9-17-49-50(47)46-14-7-8-16-48(46)52-49)45-29-26-38-20-23-41(32-43(38)33-45)40-22-19-37-18-21-39(30-42(37)31-40)35-12-5-2-6-13-35/h1-33H. The third-order valence-corrected chi connectivity index (χ3v) is 10.2. The molecule has 10 rings (SSSR count). The van der Waals surface area contributed by atoms with Gasteiger partial charge in [-0.1, -0.05) is 140 Å². The summed E-state index contributed by atoms with van der Waals surface area (Å²) in [6.45, 7) is 0. The fourth-order valence-corrected chi connectivity index (χ4v) is 7.59. The average Bonchev–Trinajstić information content (AvgIpc) is 3.61. The van der Waals surface area contributed by atoms with Gasteiger partial charge in [-0.15, -0.1) is 0 Å². The van der Waals surface area contributed by atoms with Crippen LogP contribution in [0.2, 0.25) is 0 Å². The molecule has 0 unspecified atom stereocenters. The second-order valence-electron chi connectivity index (χ2n) is 13.4. The lowest BCUT2D eigenvalue weighted by Gasteiger charge is -2.27. The van der Waals surface area contributed by atoms with Crippen molar-refractivity contribution < 1.29 is 4.42 Å². The molecule has 0 saturated heterocycles. The number of hydrogen-bond donors (Lipinski definition) is 0. The maximum atomic E-state index is 6.36. The smallest absolute Gasteiger partial charge is 0.137 e. The van der Waals surface area contributed by atoms with E-state index in [0.717, 1.165) is 39.0 Å². The molecule has 0 bridgehead atoms. The van der Waals surface area contributed by atoms with Gasteiger partial charge in [-0.2, -0.15) is 0 Å². The summed E-state index contributed by atoms with van der Waals surface area (Å²) in [7, 11) is 0. The van der Waals surface area contributed by atoms with E-state index in [4.69, 9.17) is 4.42 Å². The van der Waals surface area contributed by atoms with Gasteiger partial charge in [0, 0.05) is 16.8 Å². The first kappa shape index (κ1) is 30.0. The molecule has 52 heavy (non-hydrogen) atoms. The van der Waals surface area contributed by atoms with Crippen molar-refractivity contribution in [1.82, 2.24) is 0 Å². The molecule has 1 heterocycles. The van der Waals surface area contributed by atoms with E-state index in [1.165, 1.54) is 54.9 Å². The number of hydrogen-bond acceptors (Lipinski definition) is 2. The quantitative estimate of drug-likeness (QED) is 0.176. The predicted octanol–water partition coefficient (Wildman–Crippen LogP) is 14.4. The van der Waals surface area contributed by atoms with Gasteiger partial charge in [-0.05, 0) is 116 Å². The summed E-state index contributed by atoms with van der Waals surface area (Å²) < 4.78 is 6.36. The fraction of sp³-hybridized carbons (Fsp3) is 0. The van der Waals surface area contributed by atoms with E-state index < -0.39 is 0 Å². The molecule has 0 fully saturated rings. The maximum Gasteiger partial charge on any atom is 0.137 e. The van der Waals surface area contributed by atoms with E-state index >= 15 is 0 Å². The number of furan rings is 1. The number of fused-ring (bicyclic) bond motifs is 5. The molecule has 0 spiro atoms. The van der Waals surface area contributed by atoms with Crippen molar-refractivity contribution in [3.8, 4) is 33.4 Å². The Morgan fingerprint density at radius 2 is 0.788 bits per heavy atom. The first-order valence-corrected chi connectivity index (χ1v) is 17.7. The highest BCUT2D eigenvalue weighted by Crippen LogP contribution is 2.44. The molecule has 2 heteroatoms. The molecular formula is C50H33NO. The number of nitrogens with zero attached hydrogens (tertiary/aromatic N) is 1. The van der Waals surface area contributed by atoms with Crippen molar-refractivity contribution in [3.63, 3.8) is 0 Å². The Balaban J connectivity index is 1.11. The molecule has 9 aromatic carbocycles. The van der Waals surface area contributed by atoms with Crippen molar-refractivity contribution in [2.24, 2.45) is 0 Å². The summed E-state index contributed by atoms with van der Waals surface area (Å²) in [4.78, 5) is 2.37. The van der Waals surface area contributed by atoms with Gasteiger partial charge in [0.25, 0.3) is 0 Å². The largest absolute Gasteiger partial charge is 0.456 e. The van der Waals surface area contributed by atoms with Crippen LogP contribution in [0.3, 0.4) is 0 Å². The third-order valence-electron chi connectivity index (χ3n) is 10.2. The Kier molecular flexibility index (Phi) is 7.18. The van der Waals surface area contributed by atoms with Gasteiger partial charge in [0.1, 0.15) is 11.2 Å². The van der Waals surface area contributed by atoms with Crippen LogP contribution in [0.1, 0.15) is 0 Å². The van der Waals surface area contributed by atoms with E-state index in [0.29, 0.717) is 0 Å². The van der Waals surface area contributed by atoms with Crippen LogP contribution >= 0.6 is 0 Å². The van der Waals surface area contributed by atoms with E-state index in [9.17, 15) is 0 Å². The molecular weight excluding hydrogens is 631 g/mol. The number of anilines is 3. The summed E-state index contributed by atoms with van der Waals surface area (Å²) in [5.41, 5.74) is 12.2. The van der Waals surface area contributed by atoms with E-state index in [1.807, 2.05) is 12.1 Å². The molecule has 0 aliphatic carbocycles. The van der Waals surface area contributed by atoms with Gasteiger partial charge < -0.3 is 9.32 Å². The molecule has 0 aliphatic rings. The molecule has 0 saturated carbocycles. The molecule has 0 amide bonds. The zero-order chi connectivity index (χ0) is 34.4. The van der Waals surface area contributed by atoms with Crippen LogP contribution in [0.4, 0.5) is 17.1 Å². The van der Waals surface area contributed by atoms with Crippen LogP contribution in [0.25, 0.3) is 76.9 Å². The summed E-state index contributed by atoms with van der Waals surface area (Å²) in [6, 6.07) is 71.8. The van der Waals surface area contributed by atoms with E-state index in [2.05, 4.69) is 193 Å². The van der Waals surface area contributed by atoms with Crippen molar-refractivity contribution in [1.29, 1.82) is 0 Å². The monoisotopic (exact) mass is 663 g/mol. The minimum absolute atomic E-state index is 0.874. The van der Waals surface area contributed by atoms with Crippen molar-refractivity contribution >= 4 is 60.5 Å². The second-order valence-corrected chi connectivity index (χ2v) is 13.4. The van der Waals surface area contributed by atoms with Crippen LogP contribution in [0.15, 0.2) is 205 Å². The third kappa shape index (κ3) is 5.30. The molecule has 0 aliphatic heterocycles. The minimum atomic E-state index is 0.874. The lowest BCUT2D eigenvalue weighted by molar-refractivity contribution is 0.669. The summed E-state index contributed by atoms with van der Waals surface area (Å²) in [5, 5.41) is 7.06. The zero-order valence-corrected chi connectivity index (χ0v) is 28.4. The lowest BCUT2D eigenvalue weighted by Crippen LogP contribution is -2.10. The van der Waals surface area contributed by atoms with Gasteiger partial charge in [-0.3, -0.25) is 0 Å². The minimum Gasteiger partial charge on any atom is -0.456 e. The number of rotatable bonds is 6. The summed E-state index contributed by atoms with van der Waals surface area (Å²) in [6.07, 6.45) is 0. The maximum absolute atomic E-state index is 6.36. The fourth-order valence-electron chi connectivity index (χ4n) is 7.59. The lowest BCUT2D eigenvalue weighted by atomic mass is 9.96. The summed E-state index contributed by atoms with van der Waals surface area (Å²) >= 11 is 0. The zero-order valence-electron chi connectivity index (χ0n) is 28.4. The molecule has 0 N–H and O–H groups in total. The Bertz CT molecular complexity index is 2890. The first-order valence-electron chi connectivity index (χ1n) is 17.7. The SMILES string of the molecule is c1ccc(-c2ccc(N(c3ccc4ccc(-c5ccc6ccc(-c7ccccc7)cc6c5)cc4c3)c3cccc4oc5ccccc5c34)cc2)cc1. The van der Waals surface area contributed by atoms with Crippen molar-refractivity contribution in [3.05, 3.63) is 200 Å². The van der Waals surface area contributed by atoms with Crippen LogP contribution in [0.5, 0.6) is 0 Å². The highest BCUT2D eigenvalue weighted by atomic mass is 16.3. The summed E-state index contributed by atoms with van der Waals surface area (Å²) in [5.74, 6) is 0. The molecule has 0 radical (unpaired) electrons. The Morgan fingerprint density at radius 3 is 1.46 bits per heavy atom. The Labute approximate surface area is 302 Å². The Hall–Kier alpha value is -6.90. The van der Waals surface area contributed by atoms with Gasteiger partial charge in [0.15, 0.2) is 0 Å². The second kappa shape index (κ2) is 12.5. The topological polar surface area (TPSA) is 16.4 Å². The predicted molar refractivity (Wildman–Crippen MR) is 220 cm³/mol. The highest BCUT2D eigenvalue weighted by Gasteiger charge is 2.20.